The van der Waals surface area contributed by atoms with E-state index in [0.29, 0.717) is 0 Å². The lowest BCUT2D eigenvalue weighted by Crippen LogP contribution is -2.29. The maximum Gasteiger partial charge on any atom is 0.306 e. The lowest BCUT2D eigenvalue weighted by molar-refractivity contribution is -0.144. The second-order valence-electron chi connectivity index (χ2n) is 4.24. The zero-order valence-electron chi connectivity index (χ0n) is 9.57. The van der Waals surface area contributed by atoms with E-state index in [1.807, 2.05) is 20.8 Å². The van der Waals surface area contributed by atoms with Crippen LogP contribution in [0.4, 0.5) is 0 Å². The van der Waals surface area contributed by atoms with Gasteiger partial charge in [0.15, 0.2) is 0 Å². The van der Waals surface area contributed by atoms with Crippen LogP contribution >= 0.6 is 0 Å². The molecule has 0 amide bonds. The van der Waals surface area contributed by atoms with E-state index in [4.69, 9.17) is 5.11 Å². The summed E-state index contributed by atoms with van der Waals surface area (Å²) in [5.41, 5.74) is 0. The van der Waals surface area contributed by atoms with Gasteiger partial charge in [-0.2, -0.15) is 0 Å². The van der Waals surface area contributed by atoms with Gasteiger partial charge < -0.3 is 5.11 Å². The van der Waals surface area contributed by atoms with Gasteiger partial charge in [-0.05, 0) is 18.8 Å². The van der Waals surface area contributed by atoms with Crippen LogP contribution in [-0.4, -0.2) is 16.9 Å². The molecule has 0 saturated carbocycles. The van der Waals surface area contributed by atoms with Crippen molar-refractivity contribution in [1.29, 1.82) is 0 Å². The molecule has 0 saturated heterocycles. The van der Waals surface area contributed by atoms with Crippen LogP contribution in [0.5, 0.6) is 0 Å². The molecule has 0 aromatic heterocycles. The Morgan fingerprint density at radius 2 is 1.29 bits per heavy atom. The summed E-state index contributed by atoms with van der Waals surface area (Å²) in [6.07, 6.45) is 0. The van der Waals surface area contributed by atoms with E-state index in [0.717, 1.165) is 0 Å². The second kappa shape index (κ2) is 5.13. The van der Waals surface area contributed by atoms with Crippen LogP contribution in [0.1, 0.15) is 34.6 Å². The Bertz CT molecular complexity index is 199. The van der Waals surface area contributed by atoms with Crippen molar-refractivity contribution in [3.8, 4) is 0 Å². The molecule has 0 aromatic carbocycles. The summed E-state index contributed by atoms with van der Waals surface area (Å²) in [7, 11) is 0. The van der Waals surface area contributed by atoms with Crippen molar-refractivity contribution >= 4 is 11.8 Å². The maximum absolute atomic E-state index is 11.1. The minimum absolute atomic E-state index is 0.0198. The fraction of sp³-hybridized carbons (Fsp3) is 0.818. The topological polar surface area (TPSA) is 54.4 Å². The normalized spacial score (nSPS) is 19.5. The van der Waals surface area contributed by atoms with Gasteiger partial charge >= 0.3 is 5.97 Å². The van der Waals surface area contributed by atoms with E-state index in [1.165, 1.54) is 0 Å². The highest BCUT2D eigenvalue weighted by Gasteiger charge is 2.29. The average molecular weight is 200 g/mol. The van der Waals surface area contributed by atoms with Crippen molar-refractivity contribution in [3.05, 3.63) is 0 Å². The van der Waals surface area contributed by atoms with E-state index >= 15 is 0 Å². The van der Waals surface area contributed by atoms with Crippen molar-refractivity contribution in [2.75, 3.05) is 0 Å². The summed E-state index contributed by atoms with van der Waals surface area (Å²) in [6.45, 7) is 8.94. The molecule has 4 unspecified atom stereocenters. The van der Waals surface area contributed by atoms with Crippen molar-refractivity contribution in [3.63, 3.8) is 0 Å². The monoisotopic (exact) mass is 200 g/mol. The van der Waals surface area contributed by atoms with Crippen LogP contribution in [0.2, 0.25) is 0 Å². The number of carboxylic acid groups (broad SMARTS) is 1. The van der Waals surface area contributed by atoms with Crippen LogP contribution in [0.25, 0.3) is 0 Å². The van der Waals surface area contributed by atoms with Gasteiger partial charge in [-0.3, -0.25) is 9.59 Å². The maximum atomic E-state index is 11.1. The molecule has 0 heterocycles. The first kappa shape index (κ1) is 13.1. The average Bonchev–Trinajstić information content (AvgIpc) is 2.12. The summed E-state index contributed by atoms with van der Waals surface area (Å²) < 4.78 is 0. The zero-order chi connectivity index (χ0) is 11.5. The molecule has 0 fully saturated rings. The second-order valence-corrected chi connectivity index (χ2v) is 4.24. The van der Waals surface area contributed by atoms with Crippen LogP contribution in [-0.2, 0) is 9.59 Å². The highest BCUT2D eigenvalue weighted by molar-refractivity contribution is 5.78. The van der Waals surface area contributed by atoms with Gasteiger partial charge in [0.1, 0.15) is 5.78 Å². The van der Waals surface area contributed by atoms with Crippen LogP contribution < -0.4 is 0 Å². The van der Waals surface area contributed by atoms with Crippen LogP contribution in [0, 0.1) is 23.7 Å². The number of hydrogen-bond donors (Lipinski definition) is 1. The molecule has 82 valence electrons. The van der Waals surface area contributed by atoms with Crippen molar-refractivity contribution in [1.82, 2.24) is 0 Å². The third-order valence-corrected chi connectivity index (χ3v) is 3.44. The van der Waals surface area contributed by atoms with Gasteiger partial charge in [-0.25, -0.2) is 0 Å². The molecule has 0 aliphatic rings. The van der Waals surface area contributed by atoms with Crippen molar-refractivity contribution in [2.24, 2.45) is 23.7 Å². The molecule has 4 atom stereocenters. The SMILES string of the molecule is CC(=O)C(C)C(C)C(C)C(C)C(=O)O. The van der Waals surface area contributed by atoms with Crippen LogP contribution in [0.15, 0.2) is 0 Å². The summed E-state index contributed by atoms with van der Waals surface area (Å²) in [5, 5.41) is 8.84. The number of Topliss-reactive ketones (excluding diaryl/α,β-unsaturated/α-hetero) is 1. The fourth-order valence-corrected chi connectivity index (χ4v) is 1.51. The van der Waals surface area contributed by atoms with E-state index < -0.39 is 11.9 Å². The van der Waals surface area contributed by atoms with Gasteiger partial charge in [0.2, 0.25) is 0 Å². The van der Waals surface area contributed by atoms with E-state index in [2.05, 4.69) is 0 Å². The predicted molar refractivity (Wildman–Crippen MR) is 55.0 cm³/mol. The number of rotatable bonds is 5. The molecule has 3 nitrogen and oxygen atoms in total. The smallest absolute Gasteiger partial charge is 0.306 e. The Labute approximate surface area is 85.5 Å². The van der Waals surface area contributed by atoms with E-state index in [-0.39, 0.29) is 23.5 Å². The number of aliphatic carboxylic acids is 1. The molecule has 3 heteroatoms. The van der Waals surface area contributed by atoms with E-state index in [9.17, 15) is 9.59 Å². The number of carbonyl (C=O) groups excluding carboxylic acids is 1. The highest BCUT2D eigenvalue weighted by atomic mass is 16.4. The standard InChI is InChI=1S/C11H20O3/c1-6(8(3)10(5)12)7(2)9(4)11(13)14/h6-9H,1-5H3,(H,13,14). The molecule has 0 spiro atoms. The molecule has 0 bridgehead atoms. The van der Waals surface area contributed by atoms with E-state index in [1.54, 1.807) is 13.8 Å². The Kier molecular flexibility index (Phi) is 4.81. The van der Waals surface area contributed by atoms with Gasteiger partial charge in [-0.1, -0.05) is 27.7 Å². The third kappa shape index (κ3) is 3.13. The van der Waals surface area contributed by atoms with Crippen molar-refractivity contribution in [2.45, 2.75) is 34.6 Å². The lowest BCUT2D eigenvalue weighted by Gasteiger charge is -2.27. The minimum Gasteiger partial charge on any atom is -0.481 e. The van der Waals surface area contributed by atoms with Gasteiger partial charge in [0.25, 0.3) is 0 Å². The Morgan fingerprint density at radius 1 is 0.929 bits per heavy atom. The Balaban J connectivity index is 4.45. The minimum atomic E-state index is -0.792. The molecule has 1 N–H and O–H groups in total. The largest absolute Gasteiger partial charge is 0.481 e. The van der Waals surface area contributed by atoms with Gasteiger partial charge in [-0.15, -0.1) is 0 Å². The number of ketones is 1. The first-order chi connectivity index (χ1) is 6.29. The predicted octanol–water partition coefficient (Wildman–Crippen LogP) is 2.20. The summed E-state index contributed by atoms with van der Waals surface area (Å²) in [5.74, 6) is -0.995. The molecule has 0 rings (SSSR count). The third-order valence-electron chi connectivity index (χ3n) is 3.44. The molecule has 0 radical (unpaired) electrons. The van der Waals surface area contributed by atoms with Gasteiger partial charge in [0.05, 0.1) is 5.92 Å². The first-order valence-electron chi connectivity index (χ1n) is 5.02. The fourth-order valence-electron chi connectivity index (χ4n) is 1.51. The molecular formula is C11H20O3. The van der Waals surface area contributed by atoms with Gasteiger partial charge in [0, 0.05) is 5.92 Å². The lowest BCUT2D eigenvalue weighted by atomic mass is 9.77. The Morgan fingerprint density at radius 3 is 1.57 bits per heavy atom. The molecule has 0 aromatic rings. The van der Waals surface area contributed by atoms with Crippen molar-refractivity contribution < 1.29 is 14.7 Å². The molecular weight excluding hydrogens is 180 g/mol. The molecule has 14 heavy (non-hydrogen) atoms. The number of hydrogen-bond acceptors (Lipinski definition) is 2. The quantitative estimate of drug-likeness (QED) is 0.740. The Hall–Kier alpha value is -0.860. The highest BCUT2D eigenvalue weighted by Crippen LogP contribution is 2.27. The number of carbonyl (C=O) groups is 2. The zero-order valence-corrected chi connectivity index (χ0v) is 9.57. The molecule has 0 aliphatic heterocycles. The molecule has 0 aliphatic carbocycles. The van der Waals surface area contributed by atoms with Crippen LogP contribution in [0.3, 0.4) is 0 Å². The summed E-state index contributed by atoms with van der Waals surface area (Å²) >= 11 is 0. The summed E-state index contributed by atoms with van der Waals surface area (Å²) in [4.78, 5) is 21.9. The number of carboxylic acids is 1. The summed E-state index contributed by atoms with van der Waals surface area (Å²) in [6, 6.07) is 0. The first-order valence-corrected chi connectivity index (χ1v) is 5.02.